The van der Waals surface area contributed by atoms with Crippen molar-refractivity contribution in [3.63, 3.8) is 0 Å². The minimum atomic E-state index is 0.645. The average molecular weight is 271 g/mol. The quantitative estimate of drug-likeness (QED) is 0.906. The first-order chi connectivity index (χ1) is 9.19. The summed E-state index contributed by atoms with van der Waals surface area (Å²) < 4.78 is 0. The number of hydrogen-bond acceptors (Lipinski definition) is 4. The Bertz CT molecular complexity index is 581. The molecule has 1 N–H and O–H groups in total. The maximum atomic E-state index is 8.90. The molecule has 0 aliphatic carbocycles. The zero-order valence-corrected chi connectivity index (χ0v) is 12.0. The van der Waals surface area contributed by atoms with Crippen molar-refractivity contribution in [1.82, 2.24) is 10.3 Å². The van der Waals surface area contributed by atoms with Crippen LogP contribution in [0.25, 0.3) is 11.3 Å². The van der Waals surface area contributed by atoms with Gasteiger partial charge in [0.15, 0.2) is 0 Å². The zero-order chi connectivity index (χ0) is 13.7. The molecule has 1 aromatic heterocycles. The van der Waals surface area contributed by atoms with Gasteiger partial charge in [-0.25, -0.2) is 4.98 Å². The molecule has 98 valence electrons. The maximum Gasteiger partial charge on any atom is 0.107 e. The van der Waals surface area contributed by atoms with E-state index in [9.17, 15) is 0 Å². The first-order valence-electron chi connectivity index (χ1n) is 6.34. The number of rotatable bonds is 5. The van der Waals surface area contributed by atoms with E-state index in [2.05, 4.69) is 30.2 Å². The van der Waals surface area contributed by atoms with Crippen LogP contribution in [0.5, 0.6) is 0 Å². The second-order valence-electron chi connectivity index (χ2n) is 4.84. The third kappa shape index (κ3) is 3.88. The zero-order valence-electron chi connectivity index (χ0n) is 11.2. The predicted molar refractivity (Wildman–Crippen MR) is 78.8 cm³/mol. The van der Waals surface area contributed by atoms with Crippen molar-refractivity contribution in [2.45, 2.75) is 20.4 Å². The first-order valence-corrected chi connectivity index (χ1v) is 7.22. The van der Waals surface area contributed by atoms with E-state index in [1.54, 1.807) is 17.4 Å². The van der Waals surface area contributed by atoms with Crippen molar-refractivity contribution < 1.29 is 0 Å². The van der Waals surface area contributed by atoms with E-state index >= 15 is 0 Å². The van der Waals surface area contributed by atoms with Gasteiger partial charge >= 0.3 is 0 Å². The normalized spacial score (nSPS) is 10.6. The molecular weight excluding hydrogens is 254 g/mol. The van der Waals surface area contributed by atoms with E-state index < -0.39 is 0 Å². The van der Waals surface area contributed by atoms with Crippen LogP contribution in [-0.2, 0) is 6.54 Å². The van der Waals surface area contributed by atoms with E-state index in [1.165, 1.54) is 0 Å². The van der Waals surface area contributed by atoms with Crippen LogP contribution in [-0.4, -0.2) is 11.5 Å². The van der Waals surface area contributed by atoms with Gasteiger partial charge < -0.3 is 5.32 Å². The van der Waals surface area contributed by atoms with Gasteiger partial charge in [0, 0.05) is 17.5 Å². The molecular formula is C15H17N3S. The molecule has 0 bridgehead atoms. The summed E-state index contributed by atoms with van der Waals surface area (Å²) in [6, 6.07) is 9.72. The number of thiazole rings is 1. The van der Waals surface area contributed by atoms with Gasteiger partial charge in [0.25, 0.3) is 0 Å². The smallest absolute Gasteiger partial charge is 0.107 e. The monoisotopic (exact) mass is 271 g/mol. The van der Waals surface area contributed by atoms with Crippen LogP contribution in [0.15, 0.2) is 29.6 Å². The standard InChI is InChI=1S/C15H17N3S/c1-11(2)8-17-9-15-18-14(10-19-15)13-5-3-4-12(6-13)7-16/h3-6,10-11,17H,8-9H2,1-2H3. The highest BCUT2D eigenvalue weighted by Crippen LogP contribution is 2.22. The Morgan fingerprint density at radius 2 is 2.26 bits per heavy atom. The molecule has 0 amide bonds. The van der Waals surface area contributed by atoms with E-state index in [0.717, 1.165) is 29.4 Å². The highest BCUT2D eigenvalue weighted by atomic mass is 32.1. The van der Waals surface area contributed by atoms with E-state index in [4.69, 9.17) is 5.26 Å². The van der Waals surface area contributed by atoms with Crippen LogP contribution in [0.3, 0.4) is 0 Å². The SMILES string of the molecule is CC(C)CNCc1nc(-c2cccc(C#N)c2)cs1. The fourth-order valence-electron chi connectivity index (χ4n) is 1.74. The summed E-state index contributed by atoms with van der Waals surface area (Å²) in [4.78, 5) is 4.60. The molecule has 0 atom stereocenters. The van der Waals surface area contributed by atoms with Crippen LogP contribution < -0.4 is 5.32 Å². The second kappa shape index (κ2) is 6.46. The molecule has 0 saturated carbocycles. The van der Waals surface area contributed by atoms with Crippen LogP contribution in [0.1, 0.15) is 24.4 Å². The molecule has 1 heterocycles. The Kier molecular flexibility index (Phi) is 4.67. The molecule has 0 spiro atoms. The second-order valence-corrected chi connectivity index (χ2v) is 5.79. The molecule has 3 nitrogen and oxygen atoms in total. The van der Waals surface area contributed by atoms with Crippen molar-refractivity contribution in [2.75, 3.05) is 6.54 Å². The molecule has 0 saturated heterocycles. The lowest BCUT2D eigenvalue weighted by molar-refractivity contribution is 0.551. The fraction of sp³-hybridized carbons (Fsp3) is 0.333. The first kappa shape index (κ1) is 13.7. The molecule has 0 radical (unpaired) electrons. The van der Waals surface area contributed by atoms with Crippen LogP contribution in [0.4, 0.5) is 0 Å². The summed E-state index contributed by atoms with van der Waals surface area (Å²) in [7, 11) is 0. The number of nitrogens with zero attached hydrogens (tertiary/aromatic N) is 2. The Hall–Kier alpha value is -1.70. The molecule has 1 aromatic carbocycles. The lowest BCUT2D eigenvalue weighted by atomic mass is 10.1. The van der Waals surface area contributed by atoms with Crippen LogP contribution in [0.2, 0.25) is 0 Å². The molecule has 0 unspecified atom stereocenters. The van der Waals surface area contributed by atoms with E-state index in [-0.39, 0.29) is 0 Å². The fourth-order valence-corrected chi connectivity index (χ4v) is 2.51. The molecule has 4 heteroatoms. The number of nitrogens with one attached hydrogen (secondary N) is 1. The largest absolute Gasteiger partial charge is 0.310 e. The van der Waals surface area contributed by atoms with Crippen LogP contribution in [0, 0.1) is 17.2 Å². The lowest BCUT2D eigenvalue weighted by Gasteiger charge is -2.04. The molecule has 0 fully saturated rings. The molecule has 2 aromatic rings. The topological polar surface area (TPSA) is 48.7 Å². The minimum absolute atomic E-state index is 0.645. The summed E-state index contributed by atoms with van der Waals surface area (Å²) >= 11 is 1.65. The van der Waals surface area contributed by atoms with Gasteiger partial charge in [0.1, 0.15) is 5.01 Å². The van der Waals surface area contributed by atoms with Crippen molar-refractivity contribution in [3.05, 3.63) is 40.2 Å². The number of aromatic nitrogens is 1. The molecule has 2 rings (SSSR count). The van der Waals surface area contributed by atoms with E-state index in [1.807, 2.05) is 23.6 Å². The molecule has 0 aliphatic heterocycles. The maximum absolute atomic E-state index is 8.90. The van der Waals surface area contributed by atoms with Crippen LogP contribution >= 0.6 is 11.3 Å². The van der Waals surface area contributed by atoms with Crippen molar-refractivity contribution in [1.29, 1.82) is 5.26 Å². The van der Waals surface area contributed by atoms with Crippen molar-refractivity contribution in [2.24, 2.45) is 5.92 Å². The average Bonchev–Trinajstić information content (AvgIpc) is 2.87. The number of hydrogen-bond donors (Lipinski definition) is 1. The summed E-state index contributed by atoms with van der Waals surface area (Å²) in [5.74, 6) is 0.645. The third-order valence-electron chi connectivity index (χ3n) is 2.67. The van der Waals surface area contributed by atoms with Crippen molar-refractivity contribution in [3.8, 4) is 17.3 Å². The highest BCUT2D eigenvalue weighted by Gasteiger charge is 2.05. The Labute approximate surface area is 117 Å². The summed E-state index contributed by atoms with van der Waals surface area (Å²) in [6.07, 6.45) is 0. The van der Waals surface area contributed by atoms with Gasteiger partial charge in [-0.05, 0) is 24.6 Å². The lowest BCUT2D eigenvalue weighted by Crippen LogP contribution is -2.18. The predicted octanol–water partition coefficient (Wildman–Crippen LogP) is 3.43. The summed E-state index contributed by atoms with van der Waals surface area (Å²) in [6.45, 7) is 6.18. The Balaban J connectivity index is 2.06. The van der Waals surface area contributed by atoms with Gasteiger partial charge in [0.05, 0.1) is 17.3 Å². The Morgan fingerprint density at radius 3 is 3.00 bits per heavy atom. The van der Waals surface area contributed by atoms with Gasteiger partial charge in [-0.2, -0.15) is 5.26 Å². The van der Waals surface area contributed by atoms with Crippen molar-refractivity contribution >= 4 is 11.3 Å². The third-order valence-corrected chi connectivity index (χ3v) is 3.52. The summed E-state index contributed by atoms with van der Waals surface area (Å²) in [5.41, 5.74) is 2.62. The van der Waals surface area contributed by atoms with E-state index in [0.29, 0.717) is 11.5 Å². The minimum Gasteiger partial charge on any atom is -0.310 e. The Morgan fingerprint density at radius 1 is 1.42 bits per heavy atom. The van der Waals surface area contributed by atoms with Gasteiger partial charge in [-0.15, -0.1) is 11.3 Å². The number of nitriles is 1. The molecule has 19 heavy (non-hydrogen) atoms. The highest BCUT2D eigenvalue weighted by molar-refractivity contribution is 7.09. The van der Waals surface area contributed by atoms with Gasteiger partial charge in [-0.1, -0.05) is 26.0 Å². The number of benzene rings is 1. The summed E-state index contributed by atoms with van der Waals surface area (Å²) in [5, 5.41) is 15.4. The van der Waals surface area contributed by atoms with Gasteiger partial charge in [0.2, 0.25) is 0 Å². The molecule has 0 aliphatic rings. The van der Waals surface area contributed by atoms with Gasteiger partial charge in [-0.3, -0.25) is 0 Å².